The molecule has 0 radical (unpaired) electrons. The molecule has 0 aliphatic carbocycles. The minimum Gasteiger partial charge on any atom is -0.328 e. The van der Waals surface area contributed by atoms with Crippen LogP contribution in [0.3, 0.4) is 0 Å². The molecule has 0 saturated carbocycles. The Hall–Kier alpha value is -0.930. The Morgan fingerprint density at radius 1 is 1.33 bits per heavy atom. The number of nitrogens with zero attached hydrogens (tertiary/aromatic N) is 2. The van der Waals surface area contributed by atoms with Crippen molar-refractivity contribution in [2.24, 2.45) is 5.73 Å². The van der Waals surface area contributed by atoms with Gasteiger partial charge in [-0.3, -0.25) is 4.98 Å². The maximum Gasteiger partial charge on any atom is 0.0270 e. The summed E-state index contributed by atoms with van der Waals surface area (Å²) in [6, 6.07) is 4.44. The number of nitrogens with two attached hydrogens (primary N) is 1. The molecule has 1 rings (SSSR count). The van der Waals surface area contributed by atoms with Gasteiger partial charge in [0.1, 0.15) is 0 Å². The number of rotatable bonds is 6. The van der Waals surface area contributed by atoms with E-state index in [0.717, 1.165) is 25.9 Å². The van der Waals surface area contributed by atoms with Gasteiger partial charge < -0.3 is 10.6 Å². The van der Waals surface area contributed by atoms with Crippen LogP contribution in [-0.2, 0) is 6.42 Å². The van der Waals surface area contributed by atoms with Crippen LogP contribution in [0.1, 0.15) is 18.9 Å². The second-order valence-corrected chi connectivity index (χ2v) is 4.17. The van der Waals surface area contributed by atoms with E-state index in [9.17, 15) is 0 Å². The Labute approximate surface area is 92.3 Å². The summed E-state index contributed by atoms with van der Waals surface area (Å²) in [4.78, 5) is 6.33. The van der Waals surface area contributed by atoms with Gasteiger partial charge in [0.2, 0.25) is 0 Å². The minimum absolute atomic E-state index is 0.299. The van der Waals surface area contributed by atoms with Gasteiger partial charge in [-0.05, 0) is 51.1 Å². The van der Waals surface area contributed by atoms with Crippen LogP contribution in [0.4, 0.5) is 0 Å². The highest BCUT2D eigenvalue weighted by Crippen LogP contribution is 1.99. The molecule has 1 atom stereocenters. The molecule has 0 aromatic carbocycles. The number of aromatic nitrogens is 1. The first-order valence-electron chi connectivity index (χ1n) is 5.51. The van der Waals surface area contributed by atoms with E-state index in [1.54, 1.807) is 0 Å². The van der Waals surface area contributed by atoms with Gasteiger partial charge in [-0.1, -0.05) is 0 Å². The lowest BCUT2D eigenvalue weighted by atomic mass is 10.2. The van der Waals surface area contributed by atoms with Gasteiger partial charge in [0, 0.05) is 25.0 Å². The summed E-state index contributed by atoms with van der Waals surface area (Å²) >= 11 is 0. The van der Waals surface area contributed by atoms with Crippen LogP contribution in [0, 0.1) is 0 Å². The SMILES string of the molecule is CC(N)CCN(C)CCc1ccncc1. The first-order chi connectivity index (χ1) is 7.18. The van der Waals surface area contributed by atoms with Crippen molar-refractivity contribution in [3.63, 3.8) is 0 Å². The van der Waals surface area contributed by atoms with Gasteiger partial charge in [-0.15, -0.1) is 0 Å². The van der Waals surface area contributed by atoms with E-state index in [0.29, 0.717) is 6.04 Å². The molecular weight excluding hydrogens is 186 g/mol. The molecule has 0 saturated heterocycles. The average molecular weight is 207 g/mol. The van der Waals surface area contributed by atoms with E-state index in [1.165, 1.54) is 5.56 Å². The van der Waals surface area contributed by atoms with Crippen LogP contribution in [0.5, 0.6) is 0 Å². The second kappa shape index (κ2) is 6.53. The van der Waals surface area contributed by atoms with E-state index in [2.05, 4.69) is 36.0 Å². The van der Waals surface area contributed by atoms with Crippen molar-refractivity contribution >= 4 is 0 Å². The van der Waals surface area contributed by atoms with Gasteiger partial charge in [-0.25, -0.2) is 0 Å². The zero-order chi connectivity index (χ0) is 11.1. The highest BCUT2D eigenvalue weighted by atomic mass is 15.1. The molecule has 2 N–H and O–H groups in total. The van der Waals surface area contributed by atoms with Crippen molar-refractivity contribution in [2.75, 3.05) is 20.1 Å². The molecule has 0 bridgehead atoms. The fraction of sp³-hybridized carbons (Fsp3) is 0.583. The highest BCUT2D eigenvalue weighted by molar-refractivity contribution is 5.09. The van der Waals surface area contributed by atoms with Crippen LogP contribution in [-0.4, -0.2) is 36.1 Å². The van der Waals surface area contributed by atoms with Crippen molar-refractivity contribution in [1.29, 1.82) is 0 Å². The first kappa shape index (κ1) is 12.1. The van der Waals surface area contributed by atoms with E-state index in [1.807, 2.05) is 12.4 Å². The third-order valence-electron chi connectivity index (χ3n) is 2.50. The number of hydrogen-bond donors (Lipinski definition) is 1. The molecule has 1 aromatic heterocycles. The van der Waals surface area contributed by atoms with E-state index in [-0.39, 0.29) is 0 Å². The van der Waals surface area contributed by atoms with E-state index < -0.39 is 0 Å². The summed E-state index contributed by atoms with van der Waals surface area (Å²) < 4.78 is 0. The van der Waals surface area contributed by atoms with E-state index >= 15 is 0 Å². The lowest BCUT2D eigenvalue weighted by Gasteiger charge is -2.17. The van der Waals surface area contributed by atoms with Gasteiger partial charge in [0.05, 0.1) is 0 Å². The monoisotopic (exact) mass is 207 g/mol. The number of likely N-dealkylation sites (N-methyl/N-ethyl adjacent to an activating group) is 1. The lowest BCUT2D eigenvalue weighted by Crippen LogP contribution is -2.27. The van der Waals surface area contributed by atoms with Gasteiger partial charge in [0.25, 0.3) is 0 Å². The van der Waals surface area contributed by atoms with Crippen LogP contribution >= 0.6 is 0 Å². The number of hydrogen-bond acceptors (Lipinski definition) is 3. The summed E-state index contributed by atoms with van der Waals surface area (Å²) in [5.74, 6) is 0. The predicted octanol–water partition coefficient (Wildman–Crippen LogP) is 1.29. The zero-order valence-corrected chi connectivity index (χ0v) is 9.69. The summed E-state index contributed by atoms with van der Waals surface area (Å²) in [5.41, 5.74) is 7.06. The van der Waals surface area contributed by atoms with Crippen molar-refractivity contribution in [3.8, 4) is 0 Å². The van der Waals surface area contributed by atoms with Gasteiger partial charge in [-0.2, -0.15) is 0 Å². The molecule has 0 aliphatic rings. The van der Waals surface area contributed by atoms with Crippen LogP contribution < -0.4 is 5.73 Å². The Kier molecular flexibility index (Phi) is 5.29. The van der Waals surface area contributed by atoms with Crippen LogP contribution in [0.15, 0.2) is 24.5 Å². The molecule has 1 unspecified atom stereocenters. The summed E-state index contributed by atoms with van der Waals surface area (Å²) in [6.07, 6.45) is 5.83. The Morgan fingerprint density at radius 3 is 2.60 bits per heavy atom. The van der Waals surface area contributed by atoms with Gasteiger partial charge in [0.15, 0.2) is 0 Å². The maximum atomic E-state index is 5.71. The summed E-state index contributed by atoms with van der Waals surface area (Å²) in [7, 11) is 2.14. The predicted molar refractivity (Wildman–Crippen MR) is 63.7 cm³/mol. The third kappa shape index (κ3) is 5.50. The Bertz CT molecular complexity index is 259. The largest absolute Gasteiger partial charge is 0.328 e. The Balaban J connectivity index is 2.19. The molecule has 1 aromatic rings. The molecule has 0 spiro atoms. The third-order valence-corrected chi connectivity index (χ3v) is 2.50. The topological polar surface area (TPSA) is 42.1 Å². The summed E-state index contributed by atoms with van der Waals surface area (Å²) in [6.45, 7) is 4.20. The molecular formula is C12H21N3. The first-order valence-corrected chi connectivity index (χ1v) is 5.51. The Morgan fingerprint density at radius 2 is 2.00 bits per heavy atom. The minimum atomic E-state index is 0.299. The molecule has 0 fully saturated rings. The quantitative estimate of drug-likeness (QED) is 0.764. The van der Waals surface area contributed by atoms with Crippen molar-refractivity contribution in [1.82, 2.24) is 9.88 Å². The lowest BCUT2D eigenvalue weighted by molar-refractivity contribution is 0.324. The normalized spacial score (nSPS) is 13.1. The fourth-order valence-corrected chi connectivity index (χ4v) is 1.41. The molecule has 15 heavy (non-hydrogen) atoms. The van der Waals surface area contributed by atoms with Crippen LogP contribution in [0.25, 0.3) is 0 Å². The fourth-order valence-electron chi connectivity index (χ4n) is 1.41. The second-order valence-electron chi connectivity index (χ2n) is 4.17. The molecule has 3 heteroatoms. The van der Waals surface area contributed by atoms with Crippen molar-refractivity contribution < 1.29 is 0 Å². The van der Waals surface area contributed by atoms with Crippen molar-refractivity contribution in [2.45, 2.75) is 25.8 Å². The summed E-state index contributed by atoms with van der Waals surface area (Å²) in [5, 5.41) is 0. The molecule has 3 nitrogen and oxygen atoms in total. The molecule has 1 heterocycles. The smallest absolute Gasteiger partial charge is 0.0270 e. The molecule has 0 amide bonds. The maximum absolute atomic E-state index is 5.71. The molecule has 0 aliphatic heterocycles. The van der Waals surface area contributed by atoms with Crippen LogP contribution in [0.2, 0.25) is 0 Å². The van der Waals surface area contributed by atoms with Gasteiger partial charge >= 0.3 is 0 Å². The molecule has 84 valence electrons. The standard InChI is InChI=1S/C12H21N3/c1-11(13)5-9-15(2)10-6-12-3-7-14-8-4-12/h3-4,7-8,11H,5-6,9-10,13H2,1-2H3. The average Bonchev–Trinajstić information content (AvgIpc) is 2.25. The highest BCUT2D eigenvalue weighted by Gasteiger charge is 2.01. The number of pyridine rings is 1. The van der Waals surface area contributed by atoms with E-state index in [4.69, 9.17) is 5.73 Å². The zero-order valence-electron chi connectivity index (χ0n) is 9.69. The van der Waals surface area contributed by atoms with Crippen molar-refractivity contribution in [3.05, 3.63) is 30.1 Å².